The summed E-state index contributed by atoms with van der Waals surface area (Å²) in [5, 5.41) is 0. The van der Waals surface area contributed by atoms with E-state index in [1.165, 1.54) is 76.3 Å². The maximum Gasteiger partial charge on any atom is 0.201 e. The van der Waals surface area contributed by atoms with Crippen molar-refractivity contribution in [2.45, 2.75) is 103 Å². The van der Waals surface area contributed by atoms with Gasteiger partial charge in [-0.3, -0.25) is 0 Å². The summed E-state index contributed by atoms with van der Waals surface area (Å²) in [6.45, 7) is 6.23. The molecule has 0 aromatic heterocycles. The van der Waals surface area contributed by atoms with Crippen LogP contribution in [0.1, 0.15) is 108 Å². The summed E-state index contributed by atoms with van der Waals surface area (Å²) >= 11 is 0. The molecule has 2 aliphatic rings. The van der Waals surface area contributed by atoms with E-state index in [4.69, 9.17) is 4.74 Å². The first-order valence-corrected chi connectivity index (χ1v) is 17.1. The summed E-state index contributed by atoms with van der Waals surface area (Å²) in [4.78, 5) is 0. The molecule has 4 heteroatoms. The number of hydrogen-bond acceptors (Lipinski definition) is 1. The van der Waals surface area contributed by atoms with Crippen LogP contribution >= 0.6 is 0 Å². The second-order valence-electron chi connectivity index (χ2n) is 13.2. The topological polar surface area (TPSA) is 9.23 Å². The fourth-order valence-corrected chi connectivity index (χ4v) is 7.68. The predicted molar refractivity (Wildman–Crippen MR) is 176 cm³/mol. The van der Waals surface area contributed by atoms with Gasteiger partial charge in [-0.2, -0.15) is 4.39 Å². The highest BCUT2D eigenvalue weighted by Crippen LogP contribution is 2.45. The van der Waals surface area contributed by atoms with Crippen molar-refractivity contribution in [3.05, 3.63) is 90.3 Å². The van der Waals surface area contributed by atoms with Crippen molar-refractivity contribution in [2.24, 2.45) is 17.8 Å². The largest absolute Gasteiger partial charge is 0.490 e. The molecule has 3 aromatic carbocycles. The zero-order chi connectivity index (χ0) is 30.9. The maximum atomic E-state index is 15.4. The second-order valence-corrected chi connectivity index (χ2v) is 13.2. The van der Waals surface area contributed by atoms with Gasteiger partial charge >= 0.3 is 0 Å². The lowest BCUT2D eigenvalue weighted by Gasteiger charge is -2.38. The minimum Gasteiger partial charge on any atom is -0.490 e. The van der Waals surface area contributed by atoms with Gasteiger partial charge in [-0.25, -0.2) is 8.78 Å². The van der Waals surface area contributed by atoms with Crippen LogP contribution in [0.2, 0.25) is 0 Å². The van der Waals surface area contributed by atoms with Crippen molar-refractivity contribution in [1.29, 1.82) is 0 Å². The van der Waals surface area contributed by atoms with E-state index in [1.807, 2.05) is 6.07 Å². The van der Waals surface area contributed by atoms with Gasteiger partial charge in [0, 0.05) is 11.1 Å². The third kappa shape index (κ3) is 7.98. The Morgan fingerprint density at radius 1 is 0.727 bits per heavy atom. The molecule has 0 unspecified atom stereocenters. The molecule has 2 fully saturated rings. The lowest BCUT2D eigenvalue weighted by molar-refractivity contribution is 0.155. The average molecular weight is 603 g/mol. The molecule has 0 spiro atoms. The summed E-state index contributed by atoms with van der Waals surface area (Å²) in [6.07, 6.45) is 19.2. The molecule has 2 saturated carbocycles. The van der Waals surface area contributed by atoms with Gasteiger partial charge in [0.15, 0.2) is 11.6 Å². The van der Waals surface area contributed by atoms with Crippen molar-refractivity contribution in [2.75, 3.05) is 6.61 Å². The Bertz CT molecular complexity index is 1350. The highest BCUT2D eigenvalue weighted by Gasteiger charge is 2.31. The van der Waals surface area contributed by atoms with Crippen LogP contribution in [-0.4, -0.2) is 6.61 Å². The summed E-state index contributed by atoms with van der Waals surface area (Å²) in [7, 11) is 0. The fraction of sp³-hybridized carbons (Fsp3) is 0.500. The smallest absolute Gasteiger partial charge is 0.201 e. The normalized spacial score (nSPS) is 22.1. The van der Waals surface area contributed by atoms with Gasteiger partial charge in [-0.05, 0) is 110 Å². The molecule has 0 N–H and O–H groups in total. The lowest BCUT2D eigenvalue weighted by Crippen LogP contribution is -2.25. The van der Waals surface area contributed by atoms with Crippen molar-refractivity contribution < 1.29 is 17.9 Å². The summed E-state index contributed by atoms with van der Waals surface area (Å²) in [5.74, 6) is 0.857. The molecule has 0 atom stereocenters. The molecule has 236 valence electrons. The van der Waals surface area contributed by atoms with Crippen LogP contribution in [0.5, 0.6) is 5.75 Å². The molecule has 44 heavy (non-hydrogen) atoms. The number of benzene rings is 3. The predicted octanol–water partition coefficient (Wildman–Crippen LogP) is 12.4. The highest BCUT2D eigenvalue weighted by molar-refractivity contribution is 5.71. The van der Waals surface area contributed by atoms with E-state index in [1.54, 1.807) is 36.4 Å². The van der Waals surface area contributed by atoms with E-state index < -0.39 is 11.6 Å². The number of unbranched alkanes of at least 4 members (excludes halogenated alkanes) is 3. The molecule has 1 nitrogen and oxygen atoms in total. The van der Waals surface area contributed by atoms with Crippen LogP contribution in [0.15, 0.2) is 67.3 Å². The third-order valence-electron chi connectivity index (χ3n) is 10.4. The molecule has 0 heterocycles. The summed E-state index contributed by atoms with van der Waals surface area (Å²) < 4.78 is 50.4. The minimum atomic E-state index is -0.994. The minimum absolute atomic E-state index is 0.0946. The van der Waals surface area contributed by atoms with Crippen LogP contribution in [0.3, 0.4) is 0 Å². The van der Waals surface area contributed by atoms with E-state index in [9.17, 15) is 8.78 Å². The van der Waals surface area contributed by atoms with Crippen LogP contribution in [0, 0.1) is 35.2 Å². The molecule has 0 radical (unpaired) electrons. The van der Waals surface area contributed by atoms with E-state index in [2.05, 4.69) is 19.6 Å². The molecule has 3 aromatic rings. The van der Waals surface area contributed by atoms with Gasteiger partial charge in [0.1, 0.15) is 5.82 Å². The Hall–Kier alpha value is -3.01. The van der Waals surface area contributed by atoms with E-state index in [-0.39, 0.29) is 17.1 Å². The molecular weight excluding hydrogens is 553 g/mol. The Kier molecular flexibility index (Phi) is 11.6. The van der Waals surface area contributed by atoms with Gasteiger partial charge in [-0.15, -0.1) is 6.58 Å². The third-order valence-corrected chi connectivity index (χ3v) is 10.4. The first-order chi connectivity index (χ1) is 21.5. The quantitative estimate of drug-likeness (QED) is 0.140. The van der Waals surface area contributed by atoms with Gasteiger partial charge < -0.3 is 4.74 Å². The highest BCUT2D eigenvalue weighted by atomic mass is 19.2. The average Bonchev–Trinajstić information content (AvgIpc) is 3.06. The number of ether oxygens (including phenoxy) is 1. The summed E-state index contributed by atoms with van der Waals surface area (Å²) in [6, 6.07) is 15.6. The Labute approximate surface area is 262 Å². The zero-order valence-electron chi connectivity index (χ0n) is 26.4. The van der Waals surface area contributed by atoms with Crippen LogP contribution < -0.4 is 4.74 Å². The van der Waals surface area contributed by atoms with Gasteiger partial charge in [-0.1, -0.05) is 87.9 Å². The number of halogens is 3. The Morgan fingerprint density at radius 2 is 1.36 bits per heavy atom. The zero-order valence-corrected chi connectivity index (χ0v) is 26.4. The molecular formula is C40H49F3O. The molecule has 0 amide bonds. The van der Waals surface area contributed by atoms with Gasteiger partial charge in [0.25, 0.3) is 0 Å². The van der Waals surface area contributed by atoms with Gasteiger partial charge in [0.2, 0.25) is 5.82 Å². The standard InChI is InChI=1S/C40H49F3O/c1-3-5-7-9-28-10-12-29(13-11-28)30-14-16-31(17-15-30)34-22-23-35(37(41)27-34)32-18-20-33(21-19-32)36-24-25-38(40(43)39(36)42)44-26-8-6-4-2/h4,18-25,27-31H,2-3,5-17,26H2,1H3. The Balaban J connectivity index is 1.16. The number of allylic oxidation sites excluding steroid dienone is 1. The number of hydrogen-bond donors (Lipinski definition) is 0. The molecule has 0 aliphatic heterocycles. The number of rotatable bonds is 13. The van der Waals surface area contributed by atoms with E-state index in [0.29, 0.717) is 30.1 Å². The molecule has 0 saturated heterocycles. The van der Waals surface area contributed by atoms with Crippen molar-refractivity contribution in [1.82, 2.24) is 0 Å². The van der Waals surface area contributed by atoms with E-state index >= 15 is 4.39 Å². The summed E-state index contributed by atoms with van der Waals surface area (Å²) in [5.41, 5.74) is 3.03. The first kappa shape index (κ1) is 32.4. The second kappa shape index (κ2) is 15.8. The van der Waals surface area contributed by atoms with Crippen molar-refractivity contribution in [3.8, 4) is 28.0 Å². The monoisotopic (exact) mass is 602 g/mol. The van der Waals surface area contributed by atoms with Gasteiger partial charge in [0.05, 0.1) is 6.61 Å². The maximum absolute atomic E-state index is 15.4. The molecule has 0 bridgehead atoms. The first-order valence-electron chi connectivity index (χ1n) is 17.1. The SMILES string of the molecule is C=CCCCOc1ccc(-c2ccc(-c3ccc(C4CCC(C5CCC(CCCCC)CC5)CC4)cc3F)cc2)c(F)c1F. The Morgan fingerprint density at radius 3 is 2.00 bits per heavy atom. The van der Waals surface area contributed by atoms with Crippen LogP contribution in [0.4, 0.5) is 13.2 Å². The van der Waals surface area contributed by atoms with Crippen LogP contribution in [-0.2, 0) is 0 Å². The molecule has 2 aliphatic carbocycles. The lowest BCUT2D eigenvalue weighted by atomic mass is 9.68. The molecule has 5 rings (SSSR count). The van der Waals surface area contributed by atoms with Crippen molar-refractivity contribution in [3.63, 3.8) is 0 Å². The van der Waals surface area contributed by atoms with Crippen LogP contribution in [0.25, 0.3) is 22.3 Å². The van der Waals surface area contributed by atoms with E-state index in [0.717, 1.165) is 48.1 Å². The van der Waals surface area contributed by atoms with Crippen molar-refractivity contribution >= 4 is 0 Å². The fourth-order valence-electron chi connectivity index (χ4n) is 7.68.